The van der Waals surface area contributed by atoms with Crippen LogP contribution in [-0.2, 0) is 0 Å². The number of halogens is 2. The summed E-state index contributed by atoms with van der Waals surface area (Å²) in [7, 11) is 0. The van der Waals surface area contributed by atoms with Gasteiger partial charge in [0.1, 0.15) is 4.34 Å². The number of aromatic nitrogens is 1. The molecule has 0 aliphatic heterocycles. The van der Waals surface area contributed by atoms with Crippen LogP contribution in [0, 0.1) is 6.92 Å². The Labute approximate surface area is 94.0 Å². The Balaban J connectivity index is 2.46. The Morgan fingerprint density at radius 1 is 1.38 bits per heavy atom. The summed E-state index contributed by atoms with van der Waals surface area (Å²) in [6.45, 7) is 1.98. The Morgan fingerprint density at radius 3 is 2.62 bits per heavy atom. The van der Waals surface area contributed by atoms with E-state index in [9.17, 15) is 0 Å². The van der Waals surface area contributed by atoms with Gasteiger partial charge in [0.15, 0.2) is 0 Å². The predicted molar refractivity (Wildman–Crippen MR) is 60.2 cm³/mol. The Bertz CT molecular complexity index is 414. The highest BCUT2D eigenvalue weighted by Gasteiger charge is 2.08. The molecule has 0 saturated carbocycles. The molecule has 0 amide bonds. The second-order valence-corrected chi connectivity index (χ2v) is 5.61. The normalized spacial score (nSPS) is 10.7. The van der Waals surface area contributed by atoms with E-state index < -0.39 is 0 Å². The quantitative estimate of drug-likeness (QED) is 0.726. The molecule has 2 aromatic rings. The van der Waals surface area contributed by atoms with E-state index in [1.807, 2.05) is 18.4 Å². The van der Waals surface area contributed by atoms with E-state index in [0.29, 0.717) is 9.36 Å². The van der Waals surface area contributed by atoms with E-state index in [2.05, 4.69) is 4.98 Å². The van der Waals surface area contributed by atoms with Crippen molar-refractivity contribution in [2.24, 2.45) is 0 Å². The molecule has 0 N–H and O–H groups in total. The molecule has 0 aromatic carbocycles. The number of hydrogen-bond acceptors (Lipinski definition) is 3. The second-order valence-electron chi connectivity index (χ2n) is 2.48. The van der Waals surface area contributed by atoms with Crippen molar-refractivity contribution in [3.8, 4) is 10.6 Å². The van der Waals surface area contributed by atoms with E-state index in [1.54, 1.807) is 11.3 Å². The molecule has 0 fully saturated rings. The number of hydrogen-bond donors (Lipinski definition) is 0. The van der Waals surface area contributed by atoms with Gasteiger partial charge in [-0.25, -0.2) is 4.98 Å². The highest BCUT2D eigenvalue weighted by molar-refractivity contribution is 7.20. The minimum absolute atomic E-state index is 0.604. The van der Waals surface area contributed by atoms with Gasteiger partial charge < -0.3 is 0 Å². The standard InChI is InChI=1S/C8H5Cl2NS2/c1-4-11-6(3-12-4)7-2-5(9)8(10)13-7/h2-3H,1H3. The maximum absolute atomic E-state index is 5.85. The number of nitrogens with zero attached hydrogens (tertiary/aromatic N) is 1. The highest BCUT2D eigenvalue weighted by Crippen LogP contribution is 2.37. The molecule has 0 saturated heterocycles. The molecule has 68 valence electrons. The molecule has 0 atom stereocenters. The summed E-state index contributed by atoms with van der Waals surface area (Å²) in [5.41, 5.74) is 0.960. The van der Waals surface area contributed by atoms with Crippen LogP contribution in [0.3, 0.4) is 0 Å². The molecular formula is C8H5Cl2NS2. The third-order valence-electron chi connectivity index (χ3n) is 1.52. The Morgan fingerprint density at radius 2 is 2.15 bits per heavy atom. The molecular weight excluding hydrogens is 245 g/mol. The summed E-state index contributed by atoms with van der Waals surface area (Å²) in [4.78, 5) is 5.37. The SMILES string of the molecule is Cc1nc(-c2cc(Cl)c(Cl)s2)cs1. The fraction of sp³-hybridized carbons (Fsp3) is 0.125. The van der Waals surface area contributed by atoms with Crippen molar-refractivity contribution in [1.82, 2.24) is 4.98 Å². The molecule has 0 aliphatic rings. The molecule has 0 aliphatic carbocycles. The van der Waals surface area contributed by atoms with E-state index in [-0.39, 0.29) is 0 Å². The summed E-state index contributed by atoms with van der Waals surface area (Å²) in [6.07, 6.45) is 0. The average Bonchev–Trinajstić information content (AvgIpc) is 2.61. The van der Waals surface area contributed by atoms with Gasteiger partial charge >= 0.3 is 0 Å². The smallest absolute Gasteiger partial charge is 0.112 e. The summed E-state index contributed by atoms with van der Waals surface area (Å²) >= 11 is 14.8. The van der Waals surface area contributed by atoms with Crippen molar-refractivity contribution < 1.29 is 0 Å². The van der Waals surface area contributed by atoms with E-state index in [0.717, 1.165) is 15.6 Å². The first-order valence-electron chi connectivity index (χ1n) is 3.54. The van der Waals surface area contributed by atoms with Crippen LogP contribution < -0.4 is 0 Å². The van der Waals surface area contributed by atoms with Gasteiger partial charge in [-0.2, -0.15) is 0 Å². The molecule has 5 heteroatoms. The first kappa shape index (κ1) is 9.46. The number of thiophene rings is 1. The average molecular weight is 250 g/mol. The number of aryl methyl sites for hydroxylation is 1. The zero-order chi connectivity index (χ0) is 9.42. The summed E-state index contributed by atoms with van der Waals surface area (Å²) in [6, 6.07) is 1.85. The van der Waals surface area contributed by atoms with Crippen molar-refractivity contribution in [2.45, 2.75) is 6.92 Å². The van der Waals surface area contributed by atoms with Gasteiger partial charge in [-0.05, 0) is 13.0 Å². The molecule has 0 unspecified atom stereocenters. The van der Waals surface area contributed by atoms with Gasteiger partial charge in [-0.1, -0.05) is 23.2 Å². The third-order valence-corrected chi connectivity index (χ3v) is 4.18. The van der Waals surface area contributed by atoms with Crippen molar-refractivity contribution in [3.05, 3.63) is 25.8 Å². The number of rotatable bonds is 1. The fourth-order valence-corrected chi connectivity index (χ4v) is 2.97. The van der Waals surface area contributed by atoms with E-state index >= 15 is 0 Å². The molecule has 2 heterocycles. The topological polar surface area (TPSA) is 12.9 Å². The van der Waals surface area contributed by atoms with E-state index in [1.165, 1.54) is 11.3 Å². The summed E-state index contributed by atoms with van der Waals surface area (Å²) < 4.78 is 0.627. The van der Waals surface area contributed by atoms with Crippen LogP contribution in [-0.4, -0.2) is 4.98 Å². The van der Waals surface area contributed by atoms with Gasteiger partial charge in [-0.15, -0.1) is 22.7 Å². The van der Waals surface area contributed by atoms with Crippen LogP contribution in [0.15, 0.2) is 11.4 Å². The van der Waals surface area contributed by atoms with Crippen molar-refractivity contribution in [3.63, 3.8) is 0 Å². The minimum atomic E-state index is 0.604. The van der Waals surface area contributed by atoms with Crippen LogP contribution in [0.2, 0.25) is 9.36 Å². The van der Waals surface area contributed by atoms with E-state index in [4.69, 9.17) is 23.2 Å². The van der Waals surface area contributed by atoms with Crippen LogP contribution in [0.5, 0.6) is 0 Å². The lowest BCUT2D eigenvalue weighted by molar-refractivity contribution is 1.31. The maximum atomic E-state index is 5.85. The highest BCUT2D eigenvalue weighted by atomic mass is 35.5. The zero-order valence-electron chi connectivity index (χ0n) is 6.67. The lowest BCUT2D eigenvalue weighted by Crippen LogP contribution is -1.70. The second kappa shape index (κ2) is 3.58. The van der Waals surface area contributed by atoms with Crippen LogP contribution in [0.25, 0.3) is 10.6 Å². The Kier molecular flexibility index (Phi) is 2.60. The number of thiazole rings is 1. The Hall–Kier alpha value is -0.0900. The van der Waals surface area contributed by atoms with Gasteiger partial charge in [0.05, 0.1) is 20.6 Å². The lowest BCUT2D eigenvalue weighted by atomic mass is 10.4. The monoisotopic (exact) mass is 249 g/mol. The predicted octanol–water partition coefficient (Wildman–Crippen LogP) is 4.49. The molecule has 2 aromatic heterocycles. The molecule has 0 spiro atoms. The van der Waals surface area contributed by atoms with Gasteiger partial charge in [0.2, 0.25) is 0 Å². The largest absolute Gasteiger partial charge is 0.241 e. The maximum Gasteiger partial charge on any atom is 0.112 e. The molecule has 1 nitrogen and oxygen atoms in total. The van der Waals surface area contributed by atoms with Crippen LogP contribution >= 0.6 is 45.9 Å². The third kappa shape index (κ3) is 1.89. The van der Waals surface area contributed by atoms with Crippen molar-refractivity contribution >= 4 is 45.9 Å². The summed E-state index contributed by atoms with van der Waals surface area (Å²) in [5.74, 6) is 0. The molecule has 2 rings (SSSR count). The van der Waals surface area contributed by atoms with Gasteiger partial charge in [0.25, 0.3) is 0 Å². The molecule has 0 bridgehead atoms. The molecule has 13 heavy (non-hydrogen) atoms. The lowest BCUT2D eigenvalue weighted by Gasteiger charge is -1.85. The minimum Gasteiger partial charge on any atom is -0.241 e. The van der Waals surface area contributed by atoms with Gasteiger partial charge in [0, 0.05) is 5.38 Å². The summed E-state index contributed by atoms with van der Waals surface area (Å²) in [5, 5.41) is 3.66. The first-order valence-corrected chi connectivity index (χ1v) is 5.99. The zero-order valence-corrected chi connectivity index (χ0v) is 9.82. The van der Waals surface area contributed by atoms with Crippen molar-refractivity contribution in [1.29, 1.82) is 0 Å². The molecule has 0 radical (unpaired) electrons. The van der Waals surface area contributed by atoms with Crippen molar-refractivity contribution in [2.75, 3.05) is 0 Å². The van der Waals surface area contributed by atoms with Crippen LogP contribution in [0.1, 0.15) is 5.01 Å². The fourth-order valence-electron chi connectivity index (χ4n) is 0.949. The van der Waals surface area contributed by atoms with Crippen LogP contribution in [0.4, 0.5) is 0 Å². The van der Waals surface area contributed by atoms with Gasteiger partial charge in [-0.3, -0.25) is 0 Å². The first-order chi connectivity index (χ1) is 6.16.